The van der Waals surface area contributed by atoms with Crippen molar-refractivity contribution in [2.45, 2.75) is 6.92 Å². The zero-order valence-electron chi connectivity index (χ0n) is 11.3. The van der Waals surface area contributed by atoms with Crippen LogP contribution in [0.5, 0.6) is 0 Å². The molecule has 98 valence electrons. The molecule has 20 heavy (non-hydrogen) atoms. The Morgan fingerprint density at radius 3 is 2.30 bits per heavy atom. The van der Waals surface area contributed by atoms with E-state index in [1.54, 1.807) is 6.08 Å². The lowest BCUT2D eigenvalue weighted by Crippen LogP contribution is -1.80. The number of hydrogen-bond acceptors (Lipinski definition) is 0. The summed E-state index contributed by atoms with van der Waals surface area (Å²) in [5, 5.41) is 2.29. The SMILES string of the molecule is Cc1ccc(/C(F)=C\c2ccc3ccccc3c2)cc1. The molecule has 0 aromatic heterocycles. The minimum atomic E-state index is -0.208. The van der Waals surface area contributed by atoms with Crippen molar-refractivity contribution >= 4 is 22.7 Å². The van der Waals surface area contributed by atoms with Gasteiger partial charge in [-0.1, -0.05) is 66.2 Å². The van der Waals surface area contributed by atoms with E-state index in [1.807, 2.05) is 67.6 Å². The largest absolute Gasteiger partial charge is 0.206 e. The van der Waals surface area contributed by atoms with Gasteiger partial charge in [0.15, 0.2) is 0 Å². The molecule has 0 spiro atoms. The molecule has 0 aliphatic heterocycles. The molecule has 0 aliphatic carbocycles. The lowest BCUT2D eigenvalue weighted by Gasteiger charge is -2.02. The van der Waals surface area contributed by atoms with Crippen molar-refractivity contribution in [3.8, 4) is 0 Å². The first-order valence-corrected chi connectivity index (χ1v) is 6.65. The molecule has 0 saturated carbocycles. The predicted octanol–water partition coefficient (Wildman–Crippen LogP) is 5.62. The van der Waals surface area contributed by atoms with E-state index in [0.717, 1.165) is 16.5 Å². The third kappa shape index (κ3) is 2.62. The number of halogens is 1. The molecule has 0 fully saturated rings. The van der Waals surface area contributed by atoms with E-state index in [2.05, 4.69) is 6.07 Å². The van der Waals surface area contributed by atoms with Gasteiger partial charge in [-0.05, 0) is 35.4 Å². The highest BCUT2D eigenvalue weighted by atomic mass is 19.1. The molecule has 0 saturated heterocycles. The monoisotopic (exact) mass is 262 g/mol. The van der Waals surface area contributed by atoms with E-state index in [0.29, 0.717) is 5.56 Å². The van der Waals surface area contributed by atoms with E-state index in [4.69, 9.17) is 0 Å². The van der Waals surface area contributed by atoms with E-state index in [1.165, 1.54) is 5.39 Å². The zero-order valence-corrected chi connectivity index (χ0v) is 11.3. The summed E-state index contributed by atoms with van der Waals surface area (Å²) in [5.74, 6) is -0.208. The molecule has 3 aromatic rings. The van der Waals surface area contributed by atoms with Gasteiger partial charge in [0.1, 0.15) is 5.83 Å². The van der Waals surface area contributed by atoms with Crippen molar-refractivity contribution in [1.82, 2.24) is 0 Å². The average molecular weight is 262 g/mol. The fraction of sp³-hybridized carbons (Fsp3) is 0.0526. The number of hydrogen-bond donors (Lipinski definition) is 0. The van der Waals surface area contributed by atoms with Crippen LogP contribution in [0.15, 0.2) is 66.7 Å². The fourth-order valence-corrected chi connectivity index (χ4v) is 2.24. The van der Waals surface area contributed by atoms with E-state index in [-0.39, 0.29) is 5.83 Å². The molecule has 0 aliphatic rings. The summed E-state index contributed by atoms with van der Waals surface area (Å²) >= 11 is 0. The molecule has 0 heterocycles. The van der Waals surface area contributed by atoms with Crippen molar-refractivity contribution < 1.29 is 4.39 Å². The highest BCUT2D eigenvalue weighted by molar-refractivity contribution is 5.87. The van der Waals surface area contributed by atoms with Gasteiger partial charge in [0.25, 0.3) is 0 Å². The molecule has 1 heteroatoms. The minimum absolute atomic E-state index is 0.208. The summed E-state index contributed by atoms with van der Waals surface area (Å²) in [7, 11) is 0. The summed E-state index contributed by atoms with van der Waals surface area (Å²) in [6, 6.07) is 21.5. The van der Waals surface area contributed by atoms with Gasteiger partial charge in [-0.15, -0.1) is 0 Å². The summed E-state index contributed by atoms with van der Waals surface area (Å²) in [6.07, 6.45) is 1.58. The Labute approximate surface area is 118 Å². The van der Waals surface area contributed by atoms with Gasteiger partial charge in [0.2, 0.25) is 0 Å². The number of rotatable bonds is 2. The van der Waals surface area contributed by atoms with Crippen molar-refractivity contribution in [2.24, 2.45) is 0 Å². The Hall–Kier alpha value is -2.41. The molecular formula is C19H15F. The Morgan fingerprint density at radius 2 is 1.55 bits per heavy atom. The molecule has 0 atom stereocenters. The highest BCUT2D eigenvalue weighted by Crippen LogP contribution is 2.22. The summed E-state index contributed by atoms with van der Waals surface area (Å²) in [5.41, 5.74) is 2.62. The maximum atomic E-state index is 14.2. The topological polar surface area (TPSA) is 0 Å². The number of aryl methyl sites for hydroxylation is 1. The molecule has 3 aromatic carbocycles. The molecule has 0 bridgehead atoms. The van der Waals surface area contributed by atoms with Crippen LogP contribution in [0.2, 0.25) is 0 Å². The second kappa shape index (κ2) is 5.30. The maximum Gasteiger partial charge on any atom is 0.131 e. The molecule has 3 rings (SSSR count). The highest BCUT2D eigenvalue weighted by Gasteiger charge is 2.01. The van der Waals surface area contributed by atoms with Crippen LogP contribution in [-0.4, -0.2) is 0 Å². The first-order chi connectivity index (χ1) is 9.72. The Balaban J connectivity index is 1.98. The van der Waals surface area contributed by atoms with Crippen LogP contribution in [0.3, 0.4) is 0 Å². The van der Waals surface area contributed by atoms with Gasteiger partial charge in [0, 0.05) is 5.56 Å². The lowest BCUT2D eigenvalue weighted by molar-refractivity contribution is 0.765. The van der Waals surface area contributed by atoms with E-state index >= 15 is 0 Å². The second-order valence-electron chi connectivity index (χ2n) is 4.96. The van der Waals surface area contributed by atoms with Gasteiger partial charge >= 0.3 is 0 Å². The van der Waals surface area contributed by atoms with Gasteiger partial charge in [-0.2, -0.15) is 0 Å². The van der Waals surface area contributed by atoms with Crippen LogP contribution in [-0.2, 0) is 0 Å². The second-order valence-corrected chi connectivity index (χ2v) is 4.96. The summed E-state index contributed by atoms with van der Waals surface area (Å²) in [4.78, 5) is 0. The van der Waals surface area contributed by atoms with Crippen molar-refractivity contribution in [1.29, 1.82) is 0 Å². The quantitative estimate of drug-likeness (QED) is 0.526. The summed E-state index contributed by atoms with van der Waals surface area (Å²) < 4.78 is 14.2. The van der Waals surface area contributed by atoms with Crippen LogP contribution in [0.25, 0.3) is 22.7 Å². The van der Waals surface area contributed by atoms with Crippen LogP contribution < -0.4 is 0 Å². The van der Waals surface area contributed by atoms with Crippen molar-refractivity contribution in [3.05, 3.63) is 83.4 Å². The molecular weight excluding hydrogens is 247 g/mol. The van der Waals surface area contributed by atoms with Gasteiger partial charge in [0.05, 0.1) is 0 Å². The Bertz CT molecular complexity index is 767. The van der Waals surface area contributed by atoms with Crippen LogP contribution in [0.1, 0.15) is 16.7 Å². The van der Waals surface area contributed by atoms with E-state index in [9.17, 15) is 4.39 Å². The standard InChI is InChI=1S/C19H15F/c1-14-6-9-17(10-7-14)19(20)13-15-8-11-16-4-2-3-5-18(16)12-15/h2-13H,1H3/b19-13+. The van der Waals surface area contributed by atoms with Crippen molar-refractivity contribution in [2.75, 3.05) is 0 Å². The van der Waals surface area contributed by atoms with Gasteiger partial charge < -0.3 is 0 Å². The average Bonchev–Trinajstić information content (AvgIpc) is 2.48. The normalized spacial score (nSPS) is 11.8. The van der Waals surface area contributed by atoms with E-state index < -0.39 is 0 Å². The first-order valence-electron chi connectivity index (χ1n) is 6.65. The lowest BCUT2D eigenvalue weighted by atomic mass is 10.1. The first kappa shape index (κ1) is 12.6. The summed E-state index contributed by atoms with van der Waals surface area (Å²) in [6.45, 7) is 1.99. The number of fused-ring (bicyclic) bond motifs is 1. The van der Waals surface area contributed by atoms with Crippen LogP contribution >= 0.6 is 0 Å². The number of benzene rings is 3. The third-order valence-electron chi connectivity index (χ3n) is 3.39. The smallest absolute Gasteiger partial charge is 0.131 e. The Morgan fingerprint density at radius 1 is 0.850 bits per heavy atom. The predicted molar refractivity (Wildman–Crippen MR) is 84.1 cm³/mol. The zero-order chi connectivity index (χ0) is 13.9. The molecule has 0 unspecified atom stereocenters. The van der Waals surface area contributed by atoms with Gasteiger partial charge in [-0.25, -0.2) is 4.39 Å². The fourth-order valence-electron chi connectivity index (χ4n) is 2.24. The molecule has 0 nitrogen and oxygen atoms in total. The molecule has 0 amide bonds. The van der Waals surface area contributed by atoms with Gasteiger partial charge in [-0.3, -0.25) is 0 Å². The maximum absolute atomic E-state index is 14.2. The molecule has 0 radical (unpaired) electrons. The minimum Gasteiger partial charge on any atom is -0.206 e. The van der Waals surface area contributed by atoms with Crippen LogP contribution in [0.4, 0.5) is 4.39 Å². The van der Waals surface area contributed by atoms with Crippen LogP contribution in [0, 0.1) is 6.92 Å². The molecule has 0 N–H and O–H groups in total. The Kier molecular flexibility index (Phi) is 3.34. The van der Waals surface area contributed by atoms with Crippen molar-refractivity contribution in [3.63, 3.8) is 0 Å². The third-order valence-corrected chi connectivity index (χ3v) is 3.39.